The van der Waals surface area contributed by atoms with Crippen molar-refractivity contribution in [1.82, 2.24) is 15.2 Å². The number of hydrogen-bond donors (Lipinski definition) is 2. The molecule has 3 rings (SSSR count). The highest BCUT2D eigenvalue weighted by molar-refractivity contribution is 5.97. The largest absolute Gasteiger partial charge is 0.350 e. The third kappa shape index (κ3) is 2.33. The molecule has 2 atom stereocenters. The van der Waals surface area contributed by atoms with Crippen LogP contribution < -0.4 is 10.9 Å². The monoisotopic (exact) mass is 275 g/mol. The maximum atomic E-state index is 12.5. The van der Waals surface area contributed by atoms with Crippen molar-refractivity contribution in [2.75, 3.05) is 6.54 Å². The predicted octanol–water partition coefficient (Wildman–Crippen LogP) is 0.258. The average molecular weight is 275 g/mol. The summed E-state index contributed by atoms with van der Waals surface area (Å²) in [5, 5.41) is 2.97. The Hall–Kier alpha value is -2.11. The van der Waals surface area contributed by atoms with Crippen LogP contribution in [0.2, 0.25) is 0 Å². The maximum absolute atomic E-state index is 12.5. The average Bonchev–Trinajstić information content (AvgIpc) is 2.45. The summed E-state index contributed by atoms with van der Waals surface area (Å²) in [6, 6.07) is 2.96. The second-order valence-corrected chi connectivity index (χ2v) is 5.40. The van der Waals surface area contributed by atoms with Crippen LogP contribution in [-0.2, 0) is 4.79 Å². The smallest absolute Gasteiger partial charge is 0.254 e. The van der Waals surface area contributed by atoms with E-state index in [1.54, 1.807) is 11.0 Å². The number of aromatic amines is 1. The Labute approximate surface area is 116 Å². The van der Waals surface area contributed by atoms with Gasteiger partial charge in [-0.3, -0.25) is 14.4 Å². The summed E-state index contributed by atoms with van der Waals surface area (Å²) in [7, 11) is 0. The lowest BCUT2D eigenvalue weighted by Gasteiger charge is -2.43. The highest BCUT2D eigenvalue weighted by Gasteiger charge is 2.38. The number of carbonyl (C=O) groups is 2. The fourth-order valence-corrected chi connectivity index (χ4v) is 3.14. The Morgan fingerprint density at radius 2 is 2.05 bits per heavy atom. The van der Waals surface area contributed by atoms with Crippen molar-refractivity contribution >= 4 is 11.8 Å². The third-order valence-corrected chi connectivity index (χ3v) is 4.07. The summed E-state index contributed by atoms with van der Waals surface area (Å²) < 4.78 is 0. The van der Waals surface area contributed by atoms with Crippen molar-refractivity contribution in [2.24, 2.45) is 0 Å². The Kier molecular flexibility index (Phi) is 3.30. The van der Waals surface area contributed by atoms with Gasteiger partial charge in [-0.15, -0.1) is 0 Å². The molecule has 0 unspecified atom stereocenters. The Morgan fingerprint density at radius 1 is 1.25 bits per heavy atom. The van der Waals surface area contributed by atoms with Crippen LogP contribution in [0.25, 0.3) is 0 Å². The molecular formula is C14H17N3O3. The van der Waals surface area contributed by atoms with Gasteiger partial charge in [-0.25, -0.2) is 0 Å². The van der Waals surface area contributed by atoms with Gasteiger partial charge in [-0.1, -0.05) is 12.8 Å². The third-order valence-electron chi connectivity index (χ3n) is 4.07. The number of rotatable bonds is 1. The van der Waals surface area contributed by atoms with Crippen molar-refractivity contribution in [3.8, 4) is 0 Å². The summed E-state index contributed by atoms with van der Waals surface area (Å²) in [5.74, 6) is -0.353. The quantitative estimate of drug-likeness (QED) is 0.771. The molecule has 2 N–H and O–H groups in total. The van der Waals surface area contributed by atoms with E-state index in [0.717, 1.165) is 25.7 Å². The fourth-order valence-electron chi connectivity index (χ4n) is 3.14. The Bertz CT molecular complexity index is 595. The van der Waals surface area contributed by atoms with Gasteiger partial charge in [-0.2, -0.15) is 0 Å². The van der Waals surface area contributed by atoms with E-state index in [1.165, 1.54) is 12.3 Å². The number of aromatic nitrogens is 1. The van der Waals surface area contributed by atoms with E-state index in [4.69, 9.17) is 0 Å². The number of nitrogens with one attached hydrogen (secondary N) is 2. The van der Waals surface area contributed by atoms with Gasteiger partial charge in [0.05, 0.1) is 6.04 Å². The molecule has 6 heteroatoms. The lowest BCUT2D eigenvalue weighted by molar-refractivity contribution is -0.127. The molecule has 0 bridgehead atoms. The Morgan fingerprint density at radius 3 is 2.85 bits per heavy atom. The molecule has 0 radical (unpaired) electrons. The van der Waals surface area contributed by atoms with Crippen molar-refractivity contribution in [2.45, 2.75) is 37.8 Å². The minimum atomic E-state index is -0.308. The van der Waals surface area contributed by atoms with Crippen molar-refractivity contribution in [3.63, 3.8) is 0 Å². The van der Waals surface area contributed by atoms with Gasteiger partial charge in [0.25, 0.3) is 5.91 Å². The molecule has 1 saturated carbocycles. The second kappa shape index (κ2) is 5.11. The van der Waals surface area contributed by atoms with E-state index in [0.29, 0.717) is 5.56 Å². The highest BCUT2D eigenvalue weighted by Crippen LogP contribution is 2.26. The SMILES string of the molecule is O=C1CN(C(=O)c2cc[nH]c(=O)c2)[C@@H]2CCCC[C@H]2N1. The lowest BCUT2D eigenvalue weighted by Crippen LogP contribution is -2.62. The van der Waals surface area contributed by atoms with Crippen molar-refractivity contribution in [1.29, 1.82) is 0 Å². The topological polar surface area (TPSA) is 82.3 Å². The zero-order valence-electron chi connectivity index (χ0n) is 11.1. The molecule has 2 amide bonds. The first-order valence-electron chi connectivity index (χ1n) is 6.94. The number of fused-ring (bicyclic) bond motifs is 1. The molecule has 20 heavy (non-hydrogen) atoms. The van der Waals surface area contributed by atoms with Crippen LogP contribution >= 0.6 is 0 Å². The molecule has 1 aromatic heterocycles. The standard InChI is InChI=1S/C14H17N3O3/c18-12-7-9(5-6-15-12)14(20)17-8-13(19)16-10-3-1-2-4-11(10)17/h5-7,10-11H,1-4,8H2,(H,15,18)(H,16,19)/t10-,11-/m1/s1. The van der Waals surface area contributed by atoms with Gasteiger partial charge in [0.2, 0.25) is 11.5 Å². The van der Waals surface area contributed by atoms with Crippen molar-refractivity contribution < 1.29 is 9.59 Å². The molecule has 0 aromatic carbocycles. The van der Waals surface area contributed by atoms with E-state index in [9.17, 15) is 14.4 Å². The van der Waals surface area contributed by atoms with E-state index in [1.807, 2.05) is 0 Å². The van der Waals surface area contributed by atoms with Gasteiger partial charge in [0.1, 0.15) is 6.54 Å². The van der Waals surface area contributed by atoms with Gasteiger partial charge in [0.15, 0.2) is 0 Å². The Balaban J connectivity index is 1.88. The van der Waals surface area contributed by atoms with Gasteiger partial charge < -0.3 is 15.2 Å². The summed E-state index contributed by atoms with van der Waals surface area (Å²) in [5.41, 5.74) is 0.0327. The van der Waals surface area contributed by atoms with E-state index in [2.05, 4.69) is 10.3 Å². The molecule has 1 saturated heterocycles. The molecule has 2 aliphatic rings. The zero-order chi connectivity index (χ0) is 14.1. The number of nitrogens with zero attached hydrogens (tertiary/aromatic N) is 1. The van der Waals surface area contributed by atoms with E-state index in [-0.39, 0.29) is 36.0 Å². The van der Waals surface area contributed by atoms with Gasteiger partial charge in [-0.05, 0) is 18.9 Å². The minimum absolute atomic E-state index is 0.0493. The van der Waals surface area contributed by atoms with Crippen LogP contribution in [0.15, 0.2) is 23.1 Å². The predicted molar refractivity (Wildman–Crippen MR) is 72.3 cm³/mol. The number of piperazine rings is 1. The fraction of sp³-hybridized carbons (Fsp3) is 0.500. The number of carbonyl (C=O) groups excluding carboxylic acids is 2. The highest BCUT2D eigenvalue weighted by atomic mass is 16.2. The minimum Gasteiger partial charge on any atom is -0.350 e. The van der Waals surface area contributed by atoms with Gasteiger partial charge in [0, 0.05) is 23.9 Å². The molecule has 1 aliphatic carbocycles. The zero-order valence-corrected chi connectivity index (χ0v) is 11.1. The molecule has 2 fully saturated rings. The number of H-pyrrole nitrogens is 1. The molecule has 1 aromatic rings. The molecule has 0 spiro atoms. The van der Waals surface area contributed by atoms with Crippen LogP contribution in [-0.4, -0.2) is 40.3 Å². The van der Waals surface area contributed by atoms with E-state index >= 15 is 0 Å². The summed E-state index contributed by atoms with van der Waals surface area (Å²) in [6.07, 6.45) is 5.41. The normalized spacial score (nSPS) is 25.8. The van der Waals surface area contributed by atoms with Crippen LogP contribution in [0.3, 0.4) is 0 Å². The molecule has 2 heterocycles. The van der Waals surface area contributed by atoms with E-state index < -0.39 is 0 Å². The molecular weight excluding hydrogens is 258 g/mol. The summed E-state index contributed by atoms with van der Waals surface area (Å²) in [4.78, 5) is 39.7. The van der Waals surface area contributed by atoms with Crippen LogP contribution in [0.1, 0.15) is 36.0 Å². The molecule has 1 aliphatic heterocycles. The first-order chi connectivity index (χ1) is 9.65. The molecule has 106 valence electrons. The van der Waals surface area contributed by atoms with Crippen LogP contribution in [0.4, 0.5) is 0 Å². The second-order valence-electron chi connectivity index (χ2n) is 5.40. The number of pyridine rings is 1. The first kappa shape index (κ1) is 12.9. The lowest BCUT2D eigenvalue weighted by atomic mass is 9.87. The number of amides is 2. The summed E-state index contributed by atoms with van der Waals surface area (Å²) >= 11 is 0. The number of hydrogen-bond acceptors (Lipinski definition) is 3. The van der Waals surface area contributed by atoms with Gasteiger partial charge >= 0.3 is 0 Å². The first-order valence-corrected chi connectivity index (χ1v) is 6.94. The summed E-state index contributed by atoms with van der Waals surface area (Å²) in [6.45, 7) is 0.0762. The maximum Gasteiger partial charge on any atom is 0.254 e. The van der Waals surface area contributed by atoms with Crippen molar-refractivity contribution in [3.05, 3.63) is 34.2 Å². The van der Waals surface area contributed by atoms with Crippen LogP contribution in [0.5, 0.6) is 0 Å². The van der Waals surface area contributed by atoms with Crippen LogP contribution in [0, 0.1) is 0 Å². The molecule has 6 nitrogen and oxygen atoms in total.